The van der Waals surface area contributed by atoms with Crippen LogP contribution < -0.4 is 15.4 Å². The molecule has 1 aromatic carbocycles. The van der Waals surface area contributed by atoms with Crippen LogP contribution in [-0.2, 0) is 14.3 Å². The summed E-state index contributed by atoms with van der Waals surface area (Å²) in [4.78, 5) is 55.5. The summed E-state index contributed by atoms with van der Waals surface area (Å²) in [5.74, 6) is -1.23. The Balaban J connectivity index is 0.00000206. The van der Waals surface area contributed by atoms with E-state index in [-0.39, 0.29) is 40.8 Å². The fourth-order valence-electron chi connectivity index (χ4n) is 3.91. The average molecular weight is 596 g/mol. The second-order valence-electron chi connectivity index (χ2n) is 10.4. The second-order valence-corrected chi connectivity index (χ2v) is 10.4. The molecule has 1 saturated carbocycles. The zero-order chi connectivity index (χ0) is 31.9. The summed E-state index contributed by atoms with van der Waals surface area (Å²) in [5, 5.41) is 5.60. The van der Waals surface area contributed by atoms with Crippen molar-refractivity contribution in [1.29, 1.82) is 0 Å². The van der Waals surface area contributed by atoms with E-state index in [4.69, 9.17) is 14.2 Å². The lowest BCUT2D eigenvalue weighted by molar-refractivity contribution is -0.153. The van der Waals surface area contributed by atoms with Gasteiger partial charge >= 0.3 is 11.9 Å². The molecule has 2 N–H and O–H groups in total. The van der Waals surface area contributed by atoms with E-state index in [1.165, 1.54) is 25.7 Å². The fourth-order valence-corrected chi connectivity index (χ4v) is 3.91. The first-order chi connectivity index (χ1) is 20.6. The highest BCUT2D eigenvalue weighted by Gasteiger charge is 2.26. The molecular weight excluding hydrogens is 550 g/mol. The zero-order valence-corrected chi connectivity index (χ0v) is 26.2. The molecular formula is C33H45N3O7. The summed E-state index contributed by atoms with van der Waals surface area (Å²) in [6.45, 7) is 14.0. The molecule has 1 atom stereocenters. The van der Waals surface area contributed by atoms with E-state index in [0.29, 0.717) is 35.9 Å². The number of hydrogen-bond donors (Lipinski definition) is 2. The molecule has 1 aromatic heterocycles. The van der Waals surface area contributed by atoms with E-state index in [9.17, 15) is 19.2 Å². The van der Waals surface area contributed by atoms with Crippen LogP contribution in [0.2, 0.25) is 0 Å². The van der Waals surface area contributed by atoms with Gasteiger partial charge in [0.1, 0.15) is 11.4 Å². The first kappa shape index (κ1) is 35.0. The molecule has 0 aliphatic heterocycles. The molecule has 0 spiro atoms. The van der Waals surface area contributed by atoms with E-state index in [0.717, 1.165) is 19.3 Å². The normalized spacial score (nSPS) is 12.6. The highest BCUT2D eigenvalue weighted by atomic mass is 16.7. The molecule has 1 aliphatic rings. The van der Waals surface area contributed by atoms with Crippen LogP contribution in [0.5, 0.6) is 5.75 Å². The lowest BCUT2D eigenvalue weighted by Gasteiger charge is -2.17. The van der Waals surface area contributed by atoms with Crippen LogP contribution in [0, 0.1) is 11.8 Å². The van der Waals surface area contributed by atoms with Crippen molar-refractivity contribution in [2.45, 2.75) is 66.7 Å². The van der Waals surface area contributed by atoms with Gasteiger partial charge in [0.05, 0.1) is 7.11 Å². The highest BCUT2D eigenvalue weighted by molar-refractivity contribution is 6.06. The van der Waals surface area contributed by atoms with Gasteiger partial charge in [0.2, 0.25) is 6.79 Å². The molecule has 0 unspecified atom stereocenters. The number of nitrogens with one attached hydrogen (secondary N) is 2. The van der Waals surface area contributed by atoms with Gasteiger partial charge in [-0.3, -0.25) is 14.4 Å². The van der Waals surface area contributed by atoms with Crippen molar-refractivity contribution >= 4 is 29.8 Å². The van der Waals surface area contributed by atoms with Gasteiger partial charge in [0.25, 0.3) is 11.8 Å². The highest BCUT2D eigenvalue weighted by Crippen LogP contribution is 2.34. The van der Waals surface area contributed by atoms with Crippen LogP contribution in [0.25, 0.3) is 17.2 Å². The van der Waals surface area contributed by atoms with Crippen molar-refractivity contribution in [3.05, 3.63) is 53.4 Å². The van der Waals surface area contributed by atoms with E-state index >= 15 is 0 Å². The lowest BCUT2D eigenvalue weighted by Crippen LogP contribution is -2.27. The van der Waals surface area contributed by atoms with Gasteiger partial charge in [-0.2, -0.15) is 0 Å². The van der Waals surface area contributed by atoms with Crippen LogP contribution >= 0.6 is 0 Å². The number of hydrogen-bond acceptors (Lipinski definition) is 8. The number of pyridine rings is 1. The number of aromatic nitrogens is 1. The monoisotopic (exact) mass is 595 g/mol. The molecule has 234 valence electrons. The van der Waals surface area contributed by atoms with Crippen molar-refractivity contribution < 1.29 is 33.4 Å². The molecule has 1 fully saturated rings. The van der Waals surface area contributed by atoms with Gasteiger partial charge in [-0.25, -0.2) is 9.78 Å². The number of amides is 2. The third-order valence-electron chi connectivity index (χ3n) is 6.65. The van der Waals surface area contributed by atoms with Crippen molar-refractivity contribution in [3.63, 3.8) is 0 Å². The first-order valence-electron chi connectivity index (χ1n) is 14.9. The minimum atomic E-state index is -0.920. The Kier molecular flexibility index (Phi) is 14.4. The molecule has 43 heavy (non-hydrogen) atoms. The molecule has 10 heteroatoms. The molecule has 1 heterocycles. The van der Waals surface area contributed by atoms with Crippen molar-refractivity contribution in [3.8, 4) is 16.9 Å². The molecule has 10 nitrogen and oxygen atoms in total. The molecule has 3 rings (SSSR count). The minimum Gasteiger partial charge on any atom is -0.496 e. The van der Waals surface area contributed by atoms with Gasteiger partial charge in [0.15, 0.2) is 5.69 Å². The number of esters is 2. The van der Waals surface area contributed by atoms with Crippen molar-refractivity contribution in [2.24, 2.45) is 11.8 Å². The maximum atomic E-state index is 13.3. The third kappa shape index (κ3) is 10.5. The van der Waals surface area contributed by atoms with Gasteiger partial charge in [0, 0.05) is 41.8 Å². The van der Waals surface area contributed by atoms with E-state index < -0.39 is 24.6 Å². The lowest BCUT2D eigenvalue weighted by atomic mass is 9.94. The molecule has 0 radical (unpaired) electrons. The van der Waals surface area contributed by atoms with Crippen molar-refractivity contribution in [1.82, 2.24) is 15.6 Å². The summed E-state index contributed by atoms with van der Waals surface area (Å²) in [6, 6.07) is 6.23. The number of carbonyl (C=O) groups is 4. The topological polar surface area (TPSA) is 133 Å². The Morgan fingerprint density at radius 1 is 1.02 bits per heavy atom. The zero-order valence-electron chi connectivity index (χ0n) is 26.2. The number of nitrogens with zero attached hydrogens (tertiary/aromatic N) is 1. The quantitative estimate of drug-likeness (QED) is 0.207. The van der Waals surface area contributed by atoms with E-state index in [2.05, 4.69) is 36.0 Å². The van der Waals surface area contributed by atoms with Gasteiger partial charge in [-0.1, -0.05) is 53.2 Å². The summed E-state index contributed by atoms with van der Waals surface area (Å²) in [5.41, 5.74) is 1.21. The van der Waals surface area contributed by atoms with Gasteiger partial charge in [-0.15, -0.1) is 0 Å². The predicted molar refractivity (Wildman–Crippen MR) is 166 cm³/mol. The molecule has 0 bridgehead atoms. The number of methoxy groups -OCH3 is 1. The molecule has 1 aliphatic carbocycles. The molecule has 2 amide bonds. The van der Waals surface area contributed by atoms with Gasteiger partial charge < -0.3 is 24.8 Å². The maximum Gasteiger partial charge on any atom is 0.360 e. The molecule has 2 aromatic rings. The standard InChI is InChI=1S/C30H37N3O7.C3H8/c1-6-18(4)13-26(34)39-17-40-30(37)27-21(11-12-24(33-27)29(36)32-16-19-9-10-19)22-15-25(38-5)20(7-2)14-23(22)28(35)31-8-3;1-3-2/h7,11-12,14-15,18-19H,2,6,8-10,13,16-17H2,1,3-5H3,(H,31,35)(H,32,36);3H2,1-2H3/t18-;/m0./s1. The number of ether oxygens (including phenoxy) is 3. The first-order valence-corrected chi connectivity index (χ1v) is 14.9. The predicted octanol–water partition coefficient (Wildman–Crippen LogP) is 5.80. The van der Waals surface area contributed by atoms with Gasteiger partial charge in [-0.05, 0) is 55.9 Å². The summed E-state index contributed by atoms with van der Waals surface area (Å²) < 4.78 is 15.8. The Bertz CT molecular complexity index is 1290. The Hall–Kier alpha value is -4.21. The van der Waals surface area contributed by atoms with Crippen molar-refractivity contribution in [2.75, 3.05) is 27.0 Å². The largest absolute Gasteiger partial charge is 0.496 e. The van der Waals surface area contributed by atoms with Crippen LogP contribution in [0.15, 0.2) is 30.8 Å². The van der Waals surface area contributed by atoms with Crippen LogP contribution in [0.1, 0.15) is 104 Å². The Labute approximate surface area is 254 Å². The fraction of sp³-hybridized carbons (Fsp3) is 0.485. The molecule has 0 saturated heterocycles. The SMILES string of the molecule is C=Cc1cc(C(=O)NCC)c(-c2ccc(C(=O)NCC3CC3)nc2C(=O)OCOC(=O)C[C@@H](C)CC)cc1OC.CCC. The van der Waals surface area contributed by atoms with E-state index in [1.807, 2.05) is 13.8 Å². The summed E-state index contributed by atoms with van der Waals surface area (Å²) in [7, 11) is 1.48. The smallest absolute Gasteiger partial charge is 0.360 e. The van der Waals surface area contributed by atoms with Crippen LogP contribution in [0.4, 0.5) is 0 Å². The summed E-state index contributed by atoms with van der Waals surface area (Å²) in [6.07, 6.45) is 5.93. The van der Waals surface area contributed by atoms with Crippen LogP contribution in [0.3, 0.4) is 0 Å². The van der Waals surface area contributed by atoms with Crippen LogP contribution in [-0.4, -0.2) is 55.7 Å². The Morgan fingerprint density at radius 3 is 2.30 bits per heavy atom. The average Bonchev–Trinajstić information content (AvgIpc) is 3.84. The number of rotatable bonds is 14. The second kappa shape index (κ2) is 17.7. The number of benzene rings is 1. The summed E-state index contributed by atoms with van der Waals surface area (Å²) >= 11 is 0. The minimum absolute atomic E-state index is 0.0133. The maximum absolute atomic E-state index is 13.3. The number of carbonyl (C=O) groups excluding carboxylic acids is 4. The third-order valence-corrected chi connectivity index (χ3v) is 6.65. The Morgan fingerprint density at radius 2 is 1.72 bits per heavy atom. The van der Waals surface area contributed by atoms with E-state index in [1.54, 1.807) is 25.1 Å².